The van der Waals surface area contributed by atoms with Crippen molar-refractivity contribution in [3.05, 3.63) is 15.9 Å². The lowest BCUT2D eigenvalue weighted by Crippen LogP contribution is -2.63. The zero-order valence-electron chi connectivity index (χ0n) is 11.5. The van der Waals surface area contributed by atoms with Crippen molar-refractivity contribution in [1.29, 1.82) is 0 Å². The number of halogens is 1. The van der Waals surface area contributed by atoms with E-state index in [0.717, 1.165) is 15.9 Å². The summed E-state index contributed by atoms with van der Waals surface area (Å²) in [6.45, 7) is 5.76. The fourth-order valence-electron chi connectivity index (χ4n) is 2.24. The summed E-state index contributed by atoms with van der Waals surface area (Å²) in [6, 6.07) is 0. The number of carbonyl (C=O) groups is 2. The summed E-state index contributed by atoms with van der Waals surface area (Å²) >= 11 is 3.47. The summed E-state index contributed by atoms with van der Waals surface area (Å²) in [4.78, 5) is 25.5. The average Bonchev–Trinajstić information content (AvgIpc) is 2.51. The van der Waals surface area contributed by atoms with E-state index in [9.17, 15) is 9.59 Å². The lowest BCUT2D eigenvalue weighted by atomic mass is 10.0. The van der Waals surface area contributed by atoms with Crippen molar-refractivity contribution in [2.45, 2.75) is 32.9 Å². The second-order valence-corrected chi connectivity index (χ2v) is 6.10. The Morgan fingerprint density at radius 2 is 2.05 bits per heavy atom. The van der Waals surface area contributed by atoms with Crippen molar-refractivity contribution >= 4 is 27.7 Å². The summed E-state index contributed by atoms with van der Waals surface area (Å²) in [5.41, 5.74) is 0.900. The fraction of sp³-hybridized carbons (Fsp3) is 0.583. The monoisotopic (exact) mass is 328 g/mol. The van der Waals surface area contributed by atoms with Gasteiger partial charge in [0, 0.05) is 7.05 Å². The van der Waals surface area contributed by atoms with Crippen LogP contribution in [0.25, 0.3) is 0 Å². The summed E-state index contributed by atoms with van der Waals surface area (Å²) in [5.74, 6) is -0.225. The van der Waals surface area contributed by atoms with Crippen LogP contribution in [-0.2, 0) is 23.2 Å². The van der Waals surface area contributed by atoms with Crippen molar-refractivity contribution in [3.63, 3.8) is 0 Å². The number of hydrogen-bond acceptors (Lipinski definition) is 3. The van der Waals surface area contributed by atoms with Gasteiger partial charge in [-0.2, -0.15) is 5.10 Å². The van der Waals surface area contributed by atoms with Crippen LogP contribution in [0.5, 0.6) is 0 Å². The molecule has 0 spiro atoms. The van der Waals surface area contributed by atoms with Crippen LogP contribution in [0.3, 0.4) is 0 Å². The third kappa shape index (κ3) is 2.51. The van der Waals surface area contributed by atoms with Crippen molar-refractivity contribution in [3.8, 4) is 0 Å². The van der Waals surface area contributed by atoms with E-state index in [1.54, 1.807) is 23.4 Å². The molecule has 1 aliphatic rings. The first-order valence-electron chi connectivity index (χ1n) is 6.00. The molecule has 1 N–H and O–H groups in total. The molecule has 0 aliphatic carbocycles. The second-order valence-electron chi connectivity index (χ2n) is 5.30. The van der Waals surface area contributed by atoms with E-state index in [-0.39, 0.29) is 18.4 Å². The maximum absolute atomic E-state index is 12.3. The number of aryl methyl sites for hydroxylation is 2. The van der Waals surface area contributed by atoms with E-state index in [1.807, 2.05) is 14.0 Å². The third-order valence-corrected chi connectivity index (χ3v) is 4.24. The summed E-state index contributed by atoms with van der Waals surface area (Å²) in [5, 5.41) is 6.98. The minimum Gasteiger partial charge on any atom is -0.341 e. The van der Waals surface area contributed by atoms with Gasteiger partial charge in [0.05, 0.1) is 22.4 Å². The highest BCUT2D eigenvalue weighted by atomic mass is 79.9. The minimum atomic E-state index is -0.852. The second kappa shape index (κ2) is 4.63. The van der Waals surface area contributed by atoms with Gasteiger partial charge in [-0.15, -0.1) is 0 Å². The molecular weight excluding hydrogens is 312 g/mol. The molecule has 0 unspecified atom stereocenters. The fourth-order valence-corrected chi connectivity index (χ4v) is 2.70. The number of piperazine rings is 1. The number of nitrogens with zero attached hydrogens (tertiary/aromatic N) is 3. The quantitative estimate of drug-likeness (QED) is 0.870. The van der Waals surface area contributed by atoms with Crippen molar-refractivity contribution < 1.29 is 9.59 Å². The lowest BCUT2D eigenvalue weighted by Gasteiger charge is -2.37. The van der Waals surface area contributed by atoms with Crippen LogP contribution < -0.4 is 5.32 Å². The van der Waals surface area contributed by atoms with E-state index in [1.165, 1.54) is 0 Å². The largest absolute Gasteiger partial charge is 0.341 e. The van der Waals surface area contributed by atoms with E-state index in [0.29, 0.717) is 6.54 Å². The molecular formula is C12H17BrN4O2. The first kappa shape index (κ1) is 14.0. The van der Waals surface area contributed by atoms with Crippen molar-refractivity contribution in [2.75, 3.05) is 6.54 Å². The van der Waals surface area contributed by atoms with Crippen molar-refractivity contribution in [1.82, 2.24) is 20.0 Å². The smallest absolute Gasteiger partial charge is 0.248 e. The molecule has 7 heteroatoms. The van der Waals surface area contributed by atoms with Crippen LogP contribution in [0, 0.1) is 6.92 Å². The maximum Gasteiger partial charge on any atom is 0.248 e. The molecule has 0 radical (unpaired) electrons. The number of aromatic nitrogens is 2. The highest BCUT2D eigenvalue weighted by Gasteiger charge is 2.39. The zero-order chi connectivity index (χ0) is 14.4. The van der Waals surface area contributed by atoms with Crippen molar-refractivity contribution in [2.24, 2.45) is 7.05 Å². The molecule has 1 aliphatic heterocycles. The Morgan fingerprint density at radius 3 is 2.58 bits per heavy atom. The van der Waals surface area contributed by atoms with Gasteiger partial charge in [0.25, 0.3) is 0 Å². The molecule has 0 aromatic carbocycles. The van der Waals surface area contributed by atoms with Gasteiger partial charge in [-0.25, -0.2) is 0 Å². The Kier molecular flexibility index (Phi) is 3.42. The minimum absolute atomic E-state index is 0.0823. The Morgan fingerprint density at radius 1 is 1.42 bits per heavy atom. The molecule has 2 heterocycles. The predicted molar refractivity (Wildman–Crippen MR) is 73.3 cm³/mol. The SMILES string of the molecule is Cc1nn(C)c(CN2CC(=O)NC(C)(C)C2=O)c1Br. The molecule has 0 saturated carbocycles. The predicted octanol–water partition coefficient (Wildman–Crippen LogP) is 0.728. The van der Waals surface area contributed by atoms with Gasteiger partial charge in [-0.3, -0.25) is 14.3 Å². The molecule has 1 aromatic rings. The Balaban J connectivity index is 2.27. The first-order valence-corrected chi connectivity index (χ1v) is 6.80. The van der Waals surface area contributed by atoms with Gasteiger partial charge in [0.2, 0.25) is 11.8 Å². The van der Waals surface area contributed by atoms with Crippen LogP contribution in [0.15, 0.2) is 4.47 Å². The number of nitrogens with one attached hydrogen (secondary N) is 1. The van der Waals surface area contributed by atoms with Crippen LogP contribution in [0.4, 0.5) is 0 Å². The van der Waals surface area contributed by atoms with Gasteiger partial charge in [-0.1, -0.05) is 0 Å². The number of rotatable bonds is 2. The van der Waals surface area contributed by atoms with Gasteiger partial charge in [0.1, 0.15) is 12.1 Å². The number of amides is 2. The molecule has 1 saturated heterocycles. The number of hydrogen-bond donors (Lipinski definition) is 1. The molecule has 1 fully saturated rings. The van der Waals surface area contributed by atoms with E-state index in [4.69, 9.17) is 0 Å². The summed E-state index contributed by atoms with van der Waals surface area (Å²) in [7, 11) is 1.83. The third-order valence-electron chi connectivity index (χ3n) is 3.21. The lowest BCUT2D eigenvalue weighted by molar-refractivity contribution is -0.149. The Hall–Kier alpha value is -1.37. The summed E-state index contributed by atoms with van der Waals surface area (Å²) < 4.78 is 2.61. The van der Waals surface area contributed by atoms with E-state index >= 15 is 0 Å². The van der Waals surface area contributed by atoms with Crippen LogP contribution in [0.1, 0.15) is 25.2 Å². The van der Waals surface area contributed by atoms with Crippen LogP contribution in [0.2, 0.25) is 0 Å². The van der Waals surface area contributed by atoms with E-state index in [2.05, 4.69) is 26.3 Å². The van der Waals surface area contributed by atoms with Gasteiger partial charge in [-0.05, 0) is 36.7 Å². The van der Waals surface area contributed by atoms with Crippen LogP contribution >= 0.6 is 15.9 Å². The van der Waals surface area contributed by atoms with Crippen LogP contribution in [-0.4, -0.2) is 38.6 Å². The van der Waals surface area contributed by atoms with E-state index < -0.39 is 5.54 Å². The topological polar surface area (TPSA) is 67.2 Å². The van der Waals surface area contributed by atoms with Gasteiger partial charge < -0.3 is 10.2 Å². The normalized spacial score (nSPS) is 18.7. The molecule has 1 aromatic heterocycles. The molecule has 2 amide bonds. The highest BCUT2D eigenvalue weighted by molar-refractivity contribution is 9.10. The highest BCUT2D eigenvalue weighted by Crippen LogP contribution is 2.23. The first-order chi connectivity index (χ1) is 8.72. The van der Waals surface area contributed by atoms with Gasteiger partial charge >= 0.3 is 0 Å². The zero-order valence-corrected chi connectivity index (χ0v) is 13.0. The molecule has 0 atom stereocenters. The maximum atomic E-state index is 12.3. The standard InChI is InChI=1S/C12H17BrN4O2/c1-7-10(13)8(16(4)15-7)5-17-6-9(18)14-12(2,3)11(17)19/h5-6H2,1-4H3,(H,14,18). The number of carbonyl (C=O) groups excluding carboxylic acids is 2. The van der Waals surface area contributed by atoms with Gasteiger partial charge in [0.15, 0.2) is 0 Å². The molecule has 0 bridgehead atoms. The average molecular weight is 329 g/mol. The Labute approximate surface area is 120 Å². The summed E-state index contributed by atoms with van der Waals surface area (Å²) in [6.07, 6.45) is 0. The molecule has 19 heavy (non-hydrogen) atoms. The Bertz CT molecular complexity index is 550. The molecule has 104 valence electrons. The molecule has 2 rings (SSSR count). The molecule has 6 nitrogen and oxygen atoms in total.